The van der Waals surface area contributed by atoms with Crippen LogP contribution in [0.1, 0.15) is 42.8 Å². The SMILES string of the molecule is C=C(C)c1ccc(-c2cnc(C3CCC4=CC(c5cc(Cl)ccc5-n5cnnn5)=CC(=C)N43)[nH]2)cc1. The van der Waals surface area contributed by atoms with Gasteiger partial charge in [-0.1, -0.05) is 54.6 Å². The molecule has 1 unspecified atom stereocenters. The molecule has 0 aliphatic carbocycles. The Morgan fingerprint density at radius 1 is 1.14 bits per heavy atom. The summed E-state index contributed by atoms with van der Waals surface area (Å²) >= 11 is 6.37. The lowest BCUT2D eigenvalue weighted by molar-refractivity contribution is 0.366. The van der Waals surface area contributed by atoms with Gasteiger partial charge in [-0.25, -0.2) is 4.98 Å². The predicted molar refractivity (Wildman–Crippen MR) is 142 cm³/mol. The summed E-state index contributed by atoms with van der Waals surface area (Å²) < 4.78 is 1.64. The standard InChI is InChI=1S/C28H24ClN7/c1-17(2)19-4-6-20(7-5-19)25-15-30-28(32-25)27-11-9-23-13-21(12-18(3)36(23)27)24-14-22(29)8-10-26(24)35-16-31-33-34-35/h4-8,10,12-16,27H,1,3,9,11H2,2H3,(H,30,32). The van der Waals surface area contributed by atoms with Crippen LogP contribution in [0.15, 0.2) is 91.7 Å². The summed E-state index contributed by atoms with van der Waals surface area (Å²) in [7, 11) is 0. The smallest absolute Gasteiger partial charge is 0.143 e. The molecular formula is C28H24ClN7. The molecule has 8 heteroatoms. The number of benzene rings is 2. The zero-order valence-electron chi connectivity index (χ0n) is 19.8. The monoisotopic (exact) mass is 493 g/mol. The lowest BCUT2D eigenvalue weighted by Gasteiger charge is -2.31. The van der Waals surface area contributed by atoms with E-state index in [1.165, 1.54) is 5.70 Å². The second kappa shape index (κ2) is 8.77. The summed E-state index contributed by atoms with van der Waals surface area (Å²) in [6, 6.07) is 14.2. The number of fused-ring (bicyclic) bond motifs is 1. The van der Waals surface area contributed by atoms with Crippen LogP contribution in [0.25, 0.3) is 28.1 Å². The predicted octanol–water partition coefficient (Wildman–Crippen LogP) is 6.37. The number of H-pyrrole nitrogens is 1. The number of hydrogen-bond acceptors (Lipinski definition) is 5. The fraction of sp³-hybridized carbons (Fsp3) is 0.143. The third kappa shape index (κ3) is 3.87. The van der Waals surface area contributed by atoms with Gasteiger partial charge in [0.1, 0.15) is 12.2 Å². The van der Waals surface area contributed by atoms with Gasteiger partial charge in [-0.15, -0.1) is 5.10 Å². The first-order valence-corrected chi connectivity index (χ1v) is 12.1. The van der Waals surface area contributed by atoms with E-state index in [-0.39, 0.29) is 6.04 Å². The van der Waals surface area contributed by atoms with Crippen LogP contribution < -0.4 is 0 Å². The highest BCUT2D eigenvalue weighted by molar-refractivity contribution is 6.30. The van der Waals surface area contributed by atoms with E-state index >= 15 is 0 Å². The maximum absolute atomic E-state index is 6.37. The van der Waals surface area contributed by atoms with E-state index in [9.17, 15) is 0 Å². The first-order valence-electron chi connectivity index (χ1n) is 11.7. The second-order valence-corrected chi connectivity index (χ2v) is 9.54. The number of imidazole rings is 1. The minimum Gasteiger partial charge on any atom is -0.340 e. The highest BCUT2D eigenvalue weighted by Crippen LogP contribution is 2.45. The van der Waals surface area contributed by atoms with Crippen LogP contribution in [0.3, 0.4) is 0 Å². The van der Waals surface area contributed by atoms with E-state index in [2.05, 4.69) is 75.0 Å². The molecule has 0 spiro atoms. The van der Waals surface area contributed by atoms with E-state index in [1.807, 2.05) is 31.3 Å². The van der Waals surface area contributed by atoms with E-state index < -0.39 is 0 Å². The number of nitrogens with zero attached hydrogens (tertiary/aromatic N) is 6. The van der Waals surface area contributed by atoms with Crippen LogP contribution in [-0.4, -0.2) is 35.1 Å². The molecule has 4 heterocycles. The van der Waals surface area contributed by atoms with Crippen molar-refractivity contribution in [2.24, 2.45) is 0 Å². The lowest BCUT2D eigenvalue weighted by Crippen LogP contribution is -2.23. The molecule has 0 bridgehead atoms. The molecule has 178 valence electrons. The van der Waals surface area contributed by atoms with Gasteiger partial charge in [0.15, 0.2) is 0 Å². The third-order valence-corrected chi connectivity index (χ3v) is 6.95. The van der Waals surface area contributed by atoms with E-state index in [1.54, 1.807) is 11.0 Å². The van der Waals surface area contributed by atoms with Crippen LogP contribution in [0.4, 0.5) is 0 Å². The Bertz CT molecular complexity index is 1540. The Kier molecular flexibility index (Phi) is 5.42. The van der Waals surface area contributed by atoms with Gasteiger partial charge in [-0.3, -0.25) is 0 Å². The molecule has 2 aliphatic rings. The summed E-state index contributed by atoms with van der Waals surface area (Å²) in [5.41, 5.74) is 9.24. The molecular weight excluding hydrogens is 470 g/mol. The fourth-order valence-corrected chi connectivity index (χ4v) is 5.12. The van der Waals surface area contributed by atoms with E-state index in [0.717, 1.165) is 63.6 Å². The minimum atomic E-state index is 0.100. The van der Waals surface area contributed by atoms with Crippen LogP contribution in [-0.2, 0) is 0 Å². The molecule has 0 saturated carbocycles. The molecule has 1 N–H and O–H groups in total. The zero-order valence-corrected chi connectivity index (χ0v) is 20.6. The van der Waals surface area contributed by atoms with Gasteiger partial charge < -0.3 is 9.88 Å². The van der Waals surface area contributed by atoms with Crippen LogP contribution >= 0.6 is 11.6 Å². The van der Waals surface area contributed by atoms with Crippen molar-refractivity contribution in [3.63, 3.8) is 0 Å². The zero-order chi connectivity index (χ0) is 24.8. The Balaban J connectivity index is 1.29. The molecule has 6 rings (SSSR count). The van der Waals surface area contributed by atoms with Crippen LogP contribution in [0, 0.1) is 0 Å². The maximum Gasteiger partial charge on any atom is 0.143 e. The second-order valence-electron chi connectivity index (χ2n) is 9.11. The highest BCUT2D eigenvalue weighted by atomic mass is 35.5. The number of allylic oxidation sites excluding steroid dienone is 5. The number of rotatable bonds is 5. The summed E-state index contributed by atoms with van der Waals surface area (Å²) in [4.78, 5) is 10.6. The average molecular weight is 494 g/mol. The van der Waals surface area contributed by atoms with Crippen LogP contribution in [0.5, 0.6) is 0 Å². The van der Waals surface area contributed by atoms with Gasteiger partial charge in [0.2, 0.25) is 0 Å². The summed E-state index contributed by atoms with van der Waals surface area (Å²) in [6.45, 7) is 10.4. The molecule has 2 aliphatic heterocycles. The lowest BCUT2D eigenvalue weighted by atomic mass is 9.98. The normalized spacial score (nSPS) is 17.1. The van der Waals surface area contributed by atoms with Gasteiger partial charge in [-0.05, 0) is 77.2 Å². The Morgan fingerprint density at radius 2 is 1.97 bits per heavy atom. The number of tetrazole rings is 1. The van der Waals surface area contributed by atoms with Gasteiger partial charge in [0.25, 0.3) is 0 Å². The first-order chi connectivity index (χ1) is 17.5. The van der Waals surface area contributed by atoms with Crippen molar-refractivity contribution < 1.29 is 0 Å². The molecule has 0 radical (unpaired) electrons. The molecule has 2 aromatic heterocycles. The van der Waals surface area contributed by atoms with Crippen molar-refractivity contribution >= 4 is 22.7 Å². The van der Waals surface area contributed by atoms with Crippen molar-refractivity contribution in [3.05, 3.63) is 114 Å². The number of nitrogens with one attached hydrogen (secondary N) is 1. The van der Waals surface area contributed by atoms with E-state index in [0.29, 0.717) is 5.02 Å². The Labute approximate surface area is 214 Å². The largest absolute Gasteiger partial charge is 0.340 e. The summed E-state index contributed by atoms with van der Waals surface area (Å²) in [5.74, 6) is 0.938. The van der Waals surface area contributed by atoms with Crippen molar-refractivity contribution in [1.82, 2.24) is 35.1 Å². The highest BCUT2D eigenvalue weighted by Gasteiger charge is 2.35. The van der Waals surface area contributed by atoms with E-state index in [4.69, 9.17) is 16.6 Å². The van der Waals surface area contributed by atoms with Gasteiger partial charge >= 0.3 is 0 Å². The minimum absolute atomic E-state index is 0.100. The number of aromatic amines is 1. The molecule has 1 fully saturated rings. The summed E-state index contributed by atoms with van der Waals surface area (Å²) in [5, 5.41) is 12.3. The van der Waals surface area contributed by atoms with Gasteiger partial charge in [0.05, 0.1) is 23.6 Å². The number of halogens is 1. The summed E-state index contributed by atoms with van der Waals surface area (Å²) in [6.07, 6.45) is 9.64. The molecule has 1 saturated heterocycles. The number of hydrogen-bond donors (Lipinski definition) is 1. The molecule has 36 heavy (non-hydrogen) atoms. The molecule has 2 aromatic carbocycles. The van der Waals surface area contributed by atoms with Crippen molar-refractivity contribution in [3.8, 4) is 16.9 Å². The van der Waals surface area contributed by atoms with Crippen LogP contribution in [0.2, 0.25) is 5.02 Å². The van der Waals surface area contributed by atoms with Crippen molar-refractivity contribution in [2.45, 2.75) is 25.8 Å². The molecule has 0 amide bonds. The Hall–Kier alpha value is -4.23. The van der Waals surface area contributed by atoms with Crippen molar-refractivity contribution in [1.29, 1.82) is 0 Å². The first kappa shape index (κ1) is 22.2. The Morgan fingerprint density at radius 3 is 2.72 bits per heavy atom. The topological polar surface area (TPSA) is 75.5 Å². The third-order valence-electron chi connectivity index (χ3n) is 6.71. The fourth-order valence-electron chi connectivity index (χ4n) is 4.94. The quantitative estimate of drug-likeness (QED) is 0.349. The van der Waals surface area contributed by atoms with Gasteiger partial charge in [-0.2, -0.15) is 4.68 Å². The maximum atomic E-state index is 6.37. The average Bonchev–Trinajstić information content (AvgIpc) is 3.64. The molecule has 7 nitrogen and oxygen atoms in total. The van der Waals surface area contributed by atoms with Gasteiger partial charge in [0, 0.05) is 22.0 Å². The van der Waals surface area contributed by atoms with Crippen molar-refractivity contribution in [2.75, 3.05) is 0 Å². The molecule has 4 aromatic rings. The number of aromatic nitrogens is 6. The molecule has 1 atom stereocenters.